The van der Waals surface area contributed by atoms with Gasteiger partial charge < -0.3 is 20.3 Å². The largest absolute Gasteiger partial charge is 0.378 e. The lowest BCUT2D eigenvalue weighted by Crippen LogP contribution is -2.37. The summed E-state index contributed by atoms with van der Waals surface area (Å²) in [5.74, 6) is 0.809. The fourth-order valence-electron chi connectivity index (χ4n) is 3.88. The van der Waals surface area contributed by atoms with Crippen LogP contribution in [0.4, 0.5) is 27.5 Å². The Balaban J connectivity index is 0.000000559. The van der Waals surface area contributed by atoms with Crippen molar-refractivity contribution in [2.45, 2.75) is 40.0 Å². The number of anilines is 4. The van der Waals surface area contributed by atoms with Crippen LogP contribution >= 0.6 is 11.6 Å². The fourth-order valence-corrected chi connectivity index (χ4v) is 4.13. The lowest BCUT2D eigenvalue weighted by atomic mass is 10.1. The predicted molar refractivity (Wildman–Crippen MR) is 163 cm³/mol. The maximum atomic E-state index is 14.1. The number of ether oxygens (including phenoxy) is 1. The second-order valence-electron chi connectivity index (χ2n) is 9.82. The van der Waals surface area contributed by atoms with E-state index in [1.807, 2.05) is 36.2 Å². The first-order valence-electron chi connectivity index (χ1n) is 13.7. The lowest BCUT2D eigenvalue weighted by molar-refractivity contribution is 0.122. The second kappa shape index (κ2) is 16.7. The lowest BCUT2D eigenvalue weighted by Gasteiger charge is -2.27. The number of nitrogens with zero attached hydrogens (tertiary/aromatic N) is 5. The number of hydrogen-bond acceptors (Lipinski definition) is 9. The number of hydrazone groups is 1. The molecule has 3 N–H and O–H groups in total. The van der Waals surface area contributed by atoms with Crippen LogP contribution < -0.4 is 21.0 Å². The molecular formula is C29H40ClFN8O. The number of nitrogens with one attached hydrogen (secondary N) is 3. The molecule has 0 amide bonds. The summed E-state index contributed by atoms with van der Waals surface area (Å²) in [7, 11) is 1.99. The van der Waals surface area contributed by atoms with Crippen molar-refractivity contribution in [1.29, 1.82) is 0 Å². The van der Waals surface area contributed by atoms with Crippen molar-refractivity contribution in [2.24, 2.45) is 11.0 Å². The smallest absolute Gasteiger partial charge is 0.245 e. The second-order valence-corrected chi connectivity index (χ2v) is 10.3. The molecule has 0 radical (unpaired) electrons. The van der Waals surface area contributed by atoms with E-state index >= 15 is 0 Å². The number of pyridine rings is 1. The molecular weight excluding hydrogens is 531 g/mol. The average Bonchev–Trinajstić information content (AvgIpc) is 2.94. The third-order valence-corrected chi connectivity index (χ3v) is 6.16. The Morgan fingerprint density at radius 3 is 2.58 bits per heavy atom. The minimum Gasteiger partial charge on any atom is -0.378 e. The van der Waals surface area contributed by atoms with E-state index < -0.39 is 5.82 Å². The van der Waals surface area contributed by atoms with Gasteiger partial charge in [0.05, 0.1) is 43.2 Å². The van der Waals surface area contributed by atoms with E-state index in [9.17, 15) is 4.39 Å². The van der Waals surface area contributed by atoms with Crippen molar-refractivity contribution >= 4 is 41.0 Å². The molecule has 1 aromatic carbocycles. The van der Waals surface area contributed by atoms with Gasteiger partial charge in [-0.3, -0.25) is 4.98 Å². The Labute approximate surface area is 241 Å². The third kappa shape index (κ3) is 10.7. The standard InChI is InChI=1S/C23H25ClFN7O.C6H15N/c1-2-3-16-10-17(24)12-20(11-16)29-19-5-4-18(26-13-19)14-28-31-23-27-15-21(25)22(30-23)32-6-8-33-9-7-32;1-6(2)4-5-7-3/h4-5,10-15,29H,2-3,6-9H2,1H3,(H,27,30,31);6-7H,4-5H2,1-3H3/b28-14+;. The van der Waals surface area contributed by atoms with E-state index in [1.54, 1.807) is 12.4 Å². The Hall–Kier alpha value is -3.34. The molecule has 9 nitrogen and oxygen atoms in total. The Morgan fingerprint density at radius 2 is 1.93 bits per heavy atom. The molecule has 0 spiro atoms. The van der Waals surface area contributed by atoms with Crippen molar-refractivity contribution < 1.29 is 9.13 Å². The predicted octanol–water partition coefficient (Wildman–Crippen LogP) is 5.89. The van der Waals surface area contributed by atoms with Gasteiger partial charge in [0.2, 0.25) is 5.95 Å². The summed E-state index contributed by atoms with van der Waals surface area (Å²) in [6.45, 7) is 9.99. The maximum Gasteiger partial charge on any atom is 0.245 e. The zero-order valence-corrected chi connectivity index (χ0v) is 24.5. The van der Waals surface area contributed by atoms with E-state index in [-0.39, 0.29) is 11.8 Å². The molecule has 0 saturated carbocycles. The molecule has 0 bridgehead atoms. The van der Waals surface area contributed by atoms with E-state index in [2.05, 4.69) is 63.0 Å². The van der Waals surface area contributed by atoms with Crippen LogP contribution in [0.5, 0.6) is 0 Å². The van der Waals surface area contributed by atoms with Gasteiger partial charge in [0, 0.05) is 23.8 Å². The molecule has 4 rings (SSSR count). The van der Waals surface area contributed by atoms with Crippen molar-refractivity contribution in [2.75, 3.05) is 55.5 Å². The highest BCUT2D eigenvalue weighted by molar-refractivity contribution is 6.31. The highest BCUT2D eigenvalue weighted by atomic mass is 35.5. The first-order valence-corrected chi connectivity index (χ1v) is 14.1. The summed E-state index contributed by atoms with van der Waals surface area (Å²) in [6.07, 6.45) is 7.71. The van der Waals surface area contributed by atoms with Crippen LogP contribution in [0.2, 0.25) is 5.02 Å². The molecule has 40 heavy (non-hydrogen) atoms. The number of morpholine rings is 1. The van der Waals surface area contributed by atoms with Gasteiger partial charge in [-0.2, -0.15) is 10.1 Å². The highest BCUT2D eigenvalue weighted by Gasteiger charge is 2.17. The van der Waals surface area contributed by atoms with Crippen LogP contribution in [0.15, 0.2) is 47.8 Å². The van der Waals surface area contributed by atoms with Gasteiger partial charge in [-0.05, 0) is 68.2 Å². The minimum absolute atomic E-state index is 0.205. The van der Waals surface area contributed by atoms with Gasteiger partial charge >= 0.3 is 0 Å². The van der Waals surface area contributed by atoms with Gasteiger partial charge in [-0.25, -0.2) is 14.8 Å². The SMILES string of the molecule is CCCc1cc(Cl)cc(Nc2ccc(/C=N/Nc3ncc(F)c(N4CCOCC4)n3)nc2)c1.CNCCC(C)C. The molecule has 3 aromatic rings. The zero-order chi connectivity index (χ0) is 28.7. The molecule has 1 saturated heterocycles. The van der Waals surface area contributed by atoms with E-state index in [4.69, 9.17) is 16.3 Å². The number of hydrogen-bond donors (Lipinski definition) is 3. The first kappa shape index (κ1) is 31.2. The Kier molecular flexibility index (Phi) is 13.0. The molecule has 0 aliphatic carbocycles. The summed E-state index contributed by atoms with van der Waals surface area (Å²) >= 11 is 6.23. The van der Waals surface area contributed by atoms with Crippen molar-refractivity contribution in [3.63, 3.8) is 0 Å². The monoisotopic (exact) mass is 570 g/mol. The molecule has 216 valence electrons. The molecule has 3 heterocycles. The van der Waals surface area contributed by atoms with Crippen LogP contribution in [-0.4, -0.2) is 61.1 Å². The number of aryl methyl sites for hydroxylation is 1. The minimum atomic E-state index is -0.474. The van der Waals surface area contributed by atoms with Crippen LogP contribution in [0.25, 0.3) is 0 Å². The van der Waals surface area contributed by atoms with Crippen LogP contribution in [0.3, 0.4) is 0 Å². The molecule has 2 aromatic heterocycles. The van der Waals surface area contributed by atoms with Gasteiger partial charge in [-0.1, -0.05) is 38.8 Å². The molecule has 0 unspecified atom stereocenters. The van der Waals surface area contributed by atoms with E-state index in [0.29, 0.717) is 37.0 Å². The molecule has 1 aliphatic heterocycles. The molecule has 11 heteroatoms. The summed E-state index contributed by atoms with van der Waals surface area (Å²) in [6, 6.07) is 9.68. The molecule has 1 fully saturated rings. The van der Waals surface area contributed by atoms with E-state index in [1.165, 1.54) is 12.0 Å². The van der Waals surface area contributed by atoms with Crippen LogP contribution in [0, 0.1) is 11.7 Å². The average molecular weight is 571 g/mol. The van der Waals surface area contributed by atoms with Gasteiger partial charge in [0.15, 0.2) is 11.6 Å². The van der Waals surface area contributed by atoms with Crippen molar-refractivity contribution in [3.05, 3.63) is 64.8 Å². The highest BCUT2D eigenvalue weighted by Crippen LogP contribution is 2.23. The first-order chi connectivity index (χ1) is 19.4. The summed E-state index contributed by atoms with van der Waals surface area (Å²) in [4.78, 5) is 14.4. The normalized spacial score (nSPS) is 13.3. The zero-order valence-electron chi connectivity index (χ0n) is 23.8. The number of aromatic nitrogens is 3. The summed E-state index contributed by atoms with van der Waals surface area (Å²) in [5, 5.41) is 11.2. The van der Waals surface area contributed by atoms with Gasteiger partial charge in [-0.15, -0.1) is 0 Å². The third-order valence-electron chi connectivity index (χ3n) is 5.94. The summed E-state index contributed by atoms with van der Waals surface area (Å²) < 4.78 is 19.4. The quantitative estimate of drug-likeness (QED) is 0.194. The van der Waals surface area contributed by atoms with Crippen molar-refractivity contribution in [1.82, 2.24) is 20.3 Å². The number of rotatable bonds is 11. The number of halogens is 2. The van der Waals surface area contributed by atoms with Gasteiger partial charge in [0.25, 0.3) is 0 Å². The van der Waals surface area contributed by atoms with Crippen LogP contribution in [0.1, 0.15) is 44.9 Å². The maximum absolute atomic E-state index is 14.1. The van der Waals surface area contributed by atoms with Gasteiger partial charge in [0.1, 0.15) is 0 Å². The molecule has 0 atom stereocenters. The topological polar surface area (TPSA) is 99.6 Å². The number of benzene rings is 1. The summed E-state index contributed by atoms with van der Waals surface area (Å²) in [5.41, 5.74) is 6.31. The van der Waals surface area contributed by atoms with Crippen LogP contribution in [-0.2, 0) is 11.2 Å². The Bertz CT molecular complexity index is 1200. The van der Waals surface area contributed by atoms with Crippen molar-refractivity contribution in [3.8, 4) is 0 Å². The Morgan fingerprint density at radius 1 is 1.12 bits per heavy atom. The molecule has 1 aliphatic rings. The fraction of sp³-hybridized carbons (Fsp3) is 0.448. The van der Waals surface area contributed by atoms with E-state index in [0.717, 1.165) is 42.9 Å².